The molecule has 3 heteroatoms. The summed E-state index contributed by atoms with van der Waals surface area (Å²) in [6.07, 6.45) is 11.5. The SMILES string of the molecule is N#CC1=CC2CC3C=CC=CC3OC2=NC1. The molecule has 80 valence electrons. The largest absolute Gasteiger partial charge is 0.472 e. The highest BCUT2D eigenvalue weighted by Gasteiger charge is 2.34. The van der Waals surface area contributed by atoms with Crippen molar-refractivity contribution < 1.29 is 4.74 Å². The summed E-state index contributed by atoms with van der Waals surface area (Å²) < 4.78 is 5.85. The first-order chi connectivity index (χ1) is 7.86. The number of fused-ring (bicyclic) bond motifs is 2. The van der Waals surface area contributed by atoms with Gasteiger partial charge in [0.1, 0.15) is 6.10 Å². The zero-order valence-electron chi connectivity index (χ0n) is 8.84. The van der Waals surface area contributed by atoms with Gasteiger partial charge in [-0.15, -0.1) is 0 Å². The van der Waals surface area contributed by atoms with Gasteiger partial charge in [0.25, 0.3) is 0 Å². The van der Waals surface area contributed by atoms with Crippen LogP contribution in [-0.2, 0) is 4.74 Å². The third kappa shape index (κ3) is 1.47. The Morgan fingerprint density at radius 3 is 3.12 bits per heavy atom. The van der Waals surface area contributed by atoms with Crippen LogP contribution in [0.25, 0.3) is 0 Å². The first kappa shape index (κ1) is 9.41. The Balaban J connectivity index is 1.85. The summed E-state index contributed by atoms with van der Waals surface area (Å²) in [4.78, 5) is 4.34. The molecule has 0 radical (unpaired) electrons. The number of dihydropyridines is 1. The Labute approximate surface area is 94.4 Å². The molecule has 3 atom stereocenters. The molecular weight excluding hydrogens is 200 g/mol. The molecule has 1 saturated heterocycles. The number of hydrogen-bond acceptors (Lipinski definition) is 3. The highest BCUT2D eigenvalue weighted by molar-refractivity contribution is 5.83. The van der Waals surface area contributed by atoms with Crippen molar-refractivity contribution in [3.63, 3.8) is 0 Å². The fraction of sp³-hybridized carbons (Fsp3) is 0.385. The highest BCUT2D eigenvalue weighted by atomic mass is 16.5. The van der Waals surface area contributed by atoms with Gasteiger partial charge in [-0.2, -0.15) is 5.26 Å². The molecule has 0 aromatic carbocycles. The summed E-state index contributed by atoms with van der Waals surface area (Å²) in [5.74, 6) is 1.42. The van der Waals surface area contributed by atoms with Crippen molar-refractivity contribution >= 4 is 5.90 Å². The zero-order valence-corrected chi connectivity index (χ0v) is 8.84. The molecule has 16 heavy (non-hydrogen) atoms. The van der Waals surface area contributed by atoms with Gasteiger partial charge in [0.05, 0.1) is 18.5 Å². The van der Waals surface area contributed by atoms with E-state index in [1.807, 2.05) is 12.2 Å². The van der Waals surface area contributed by atoms with Gasteiger partial charge in [-0.1, -0.05) is 24.3 Å². The quantitative estimate of drug-likeness (QED) is 0.616. The van der Waals surface area contributed by atoms with E-state index in [2.05, 4.69) is 29.3 Å². The van der Waals surface area contributed by atoms with Crippen molar-refractivity contribution in [1.29, 1.82) is 5.26 Å². The lowest BCUT2D eigenvalue weighted by Crippen LogP contribution is -2.38. The number of nitrogens with zero attached hydrogens (tertiary/aromatic N) is 2. The molecule has 1 fully saturated rings. The van der Waals surface area contributed by atoms with Gasteiger partial charge in [0.15, 0.2) is 5.90 Å². The lowest BCUT2D eigenvalue weighted by molar-refractivity contribution is 0.135. The number of aliphatic imine (C=N–C) groups is 1. The maximum absolute atomic E-state index is 8.86. The van der Waals surface area contributed by atoms with Gasteiger partial charge in [-0.05, 0) is 12.5 Å². The molecule has 2 heterocycles. The monoisotopic (exact) mass is 212 g/mol. The Hall–Kier alpha value is -1.82. The van der Waals surface area contributed by atoms with Crippen molar-refractivity contribution in [1.82, 2.24) is 0 Å². The number of hydrogen-bond donors (Lipinski definition) is 0. The molecule has 0 aromatic heterocycles. The summed E-state index contributed by atoms with van der Waals surface area (Å²) in [5, 5.41) is 8.86. The molecule has 3 nitrogen and oxygen atoms in total. The summed E-state index contributed by atoms with van der Waals surface area (Å²) in [7, 11) is 0. The Morgan fingerprint density at radius 2 is 2.25 bits per heavy atom. The fourth-order valence-electron chi connectivity index (χ4n) is 2.42. The molecule has 1 aliphatic carbocycles. The topological polar surface area (TPSA) is 45.4 Å². The molecule has 0 saturated carbocycles. The van der Waals surface area contributed by atoms with Crippen LogP contribution in [0.4, 0.5) is 0 Å². The molecule has 0 spiro atoms. The van der Waals surface area contributed by atoms with Crippen LogP contribution in [0.3, 0.4) is 0 Å². The van der Waals surface area contributed by atoms with Crippen molar-refractivity contribution in [2.45, 2.75) is 12.5 Å². The molecule has 0 bridgehead atoms. The van der Waals surface area contributed by atoms with Crippen LogP contribution in [0.15, 0.2) is 40.9 Å². The minimum absolute atomic E-state index is 0.136. The van der Waals surface area contributed by atoms with E-state index in [1.54, 1.807) is 0 Å². The molecular formula is C13H12N2O. The maximum Gasteiger partial charge on any atom is 0.191 e. The van der Waals surface area contributed by atoms with Gasteiger partial charge in [-0.25, -0.2) is 4.99 Å². The van der Waals surface area contributed by atoms with Crippen LogP contribution in [0.2, 0.25) is 0 Å². The second-order valence-corrected chi connectivity index (χ2v) is 4.32. The molecule has 3 aliphatic rings. The smallest absolute Gasteiger partial charge is 0.191 e. The predicted octanol–water partition coefficient (Wildman–Crippen LogP) is 2.00. The number of rotatable bonds is 0. The van der Waals surface area contributed by atoms with Crippen molar-refractivity contribution in [3.8, 4) is 6.07 Å². The molecule has 0 aromatic rings. The number of nitriles is 1. The van der Waals surface area contributed by atoms with E-state index in [1.165, 1.54) is 0 Å². The summed E-state index contributed by atoms with van der Waals surface area (Å²) in [6, 6.07) is 2.18. The van der Waals surface area contributed by atoms with E-state index < -0.39 is 0 Å². The van der Waals surface area contributed by atoms with Crippen LogP contribution in [0, 0.1) is 23.2 Å². The first-order valence-corrected chi connectivity index (χ1v) is 5.53. The van der Waals surface area contributed by atoms with Crippen LogP contribution in [0.5, 0.6) is 0 Å². The first-order valence-electron chi connectivity index (χ1n) is 5.53. The van der Waals surface area contributed by atoms with Crippen molar-refractivity contribution in [3.05, 3.63) is 36.0 Å². The third-order valence-corrected chi connectivity index (χ3v) is 3.24. The second kappa shape index (κ2) is 3.64. The van der Waals surface area contributed by atoms with Crippen LogP contribution in [-0.4, -0.2) is 18.5 Å². The predicted molar refractivity (Wildman–Crippen MR) is 60.7 cm³/mol. The standard InChI is InChI=1S/C13H12N2O/c14-7-9-5-11-6-10-3-1-2-4-12(10)16-13(11)15-8-9/h1-5,10-12H,6,8H2. The number of allylic oxidation sites excluding steroid dienone is 2. The van der Waals surface area contributed by atoms with Gasteiger partial charge in [0.2, 0.25) is 0 Å². The summed E-state index contributed by atoms with van der Waals surface area (Å²) in [5.41, 5.74) is 0.756. The van der Waals surface area contributed by atoms with Crippen LogP contribution in [0.1, 0.15) is 6.42 Å². The van der Waals surface area contributed by atoms with Gasteiger partial charge in [0, 0.05) is 11.5 Å². The third-order valence-electron chi connectivity index (χ3n) is 3.24. The minimum Gasteiger partial charge on any atom is -0.472 e. The Bertz CT molecular complexity index is 465. The average Bonchev–Trinajstić information content (AvgIpc) is 2.35. The van der Waals surface area contributed by atoms with Gasteiger partial charge in [-0.3, -0.25) is 0 Å². The fourth-order valence-corrected chi connectivity index (χ4v) is 2.42. The molecule has 3 rings (SSSR count). The molecule has 0 N–H and O–H groups in total. The number of ether oxygens (including phenoxy) is 1. The average molecular weight is 212 g/mol. The lowest BCUT2D eigenvalue weighted by atomic mass is 9.83. The molecule has 3 unspecified atom stereocenters. The lowest BCUT2D eigenvalue weighted by Gasteiger charge is -2.36. The minimum atomic E-state index is 0.136. The Kier molecular flexibility index (Phi) is 2.14. The van der Waals surface area contributed by atoms with E-state index >= 15 is 0 Å². The van der Waals surface area contributed by atoms with Gasteiger partial charge < -0.3 is 4.74 Å². The molecule has 2 aliphatic heterocycles. The van der Waals surface area contributed by atoms with E-state index in [4.69, 9.17) is 10.00 Å². The van der Waals surface area contributed by atoms with Gasteiger partial charge >= 0.3 is 0 Å². The highest BCUT2D eigenvalue weighted by Crippen LogP contribution is 2.33. The van der Waals surface area contributed by atoms with Crippen LogP contribution >= 0.6 is 0 Å². The molecule has 0 amide bonds. The van der Waals surface area contributed by atoms with Crippen molar-refractivity contribution in [2.24, 2.45) is 16.8 Å². The van der Waals surface area contributed by atoms with Crippen LogP contribution < -0.4 is 0 Å². The van der Waals surface area contributed by atoms with Crippen molar-refractivity contribution in [2.75, 3.05) is 6.54 Å². The Morgan fingerprint density at radius 1 is 1.38 bits per heavy atom. The summed E-state index contributed by atoms with van der Waals surface area (Å²) in [6.45, 7) is 0.472. The maximum atomic E-state index is 8.86. The summed E-state index contributed by atoms with van der Waals surface area (Å²) >= 11 is 0. The van der Waals surface area contributed by atoms with E-state index in [9.17, 15) is 0 Å². The van der Waals surface area contributed by atoms with E-state index in [0.717, 1.165) is 17.9 Å². The normalized spacial score (nSPS) is 35.1. The van der Waals surface area contributed by atoms with E-state index in [-0.39, 0.29) is 12.0 Å². The second-order valence-electron chi connectivity index (χ2n) is 4.32. The zero-order chi connectivity index (χ0) is 11.0. The van der Waals surface area contributed by atoms with E-state index in [0.29, 0.717) is 12.5 Å².